The maximum absolute atomic E-state index is 9.83. The maximum Gasteiger partial charge on any atom is 0.506 e. The highest BCUT2D eigenvalue weighted by atomic mass is 35.7. The Morgan fingerprint density at radius 3 is 2.42 bits per heavy atom. The molecule has 0 aliphatic carbocycles. The molecule has 1 atom stereocenters. The normalized spacial score (nSPS) is 14.0. The smallest absolute Gasteiger partial charge is 0.450 e. The van der Waals surface area contributed by atoms with Crippen molar-refractivity contribution in [2.24, 2.45) is 0 Å². The standard InChI is InChI=1S/C4H7ClO7/c1-3(12-4(6)7)2-11-5(8,9)10/h3H,2H2,1H3,(H,6,7). The Kier molecular flexibility index (Phi) is 4.21. The average molecular weight is 203 g/mol. The van der Waals surface area contributed by atoms with Crippen LogP contribution in [0.1, 0.15) is 6.92 Å². The van der Waals surface area contributed by atoms with E-state index in [9.17, 15) is 18.8 Å². The second-order valence-corrected chi connectivity index (χ2v) is 2.82. The molecule has 0 spiro atoms. The van der Waals surface area contributed by atoms with E-state index < -0.39 is 29.1 Å². The van der Waals surface area contributed by atoms with Crippen LogP contribution < -0.4 is 14.0 Å². The quantitative estimate of drug-likeness (QED) is 0.481. The van der Waals surface area contributed by atoms with Crippen molar-refractivity contribution in [2.75, 3.05) is 6.61 Å². The molecule has 1 unspecified atom stereocenters. The first-order valence-corrected chi connectivity index (χ1v) is 3.99. The Hall–Kier alpha value is -0.600. The monoisotopic (exact) mass is 202 g/mol. The minimum atomic E-state index is -4.52. The third kappa shape index (κ3) is 7.51. The van der Waals surface area contributed by atoms with Crippen molar-refractivity contribution in [2.45, 2.75) is 13.0 Å². The molecule has 0 fully saturated rings. The molecule has 7 nitrogen and oxygen atoms in total. The van der Waals surface area contributed by atoms with Crippen molar-refractivity contribution in [3.8, 4) is 0 Å². The van der Waals surface area contributed by atoms with Gasteiger partial charge in [-0.3, -0.25) is 0 Å². The van der Waals surface area contributed by atoms with Crippen LogP contribution in [0.3, 0.4) is 0 Å². The zero-order chi connectivity index (χ0) is 9.78. The second-order valence-electron chi connectivity index (χ2n) is 1.85. The first kappa shape index (κ1) is 11.4. The first-order valence-electron chi connectivity index (χ1n) is 2.76. The Morgan fingerprint density at radius 1 is 1.58 bits per heavy atom. The van der Waals surface area contributed by atoms with Crippen LogP contribution in [-0.4, -0.2) is 24.0 Å². The third-order valence-electron chi connectivity index (χ3n) is 0.733. The van der Waals surface area contributed by atoms with E-state index >= 15 is 0 Å². The lowest BCUT2D eigenvalue weighted by Gasteiger charge is -2.14. The number of halogens is 1. The summed E-state index contributed by atoms with van der Waals surface area (Å²) < 4.78 is 37.2. The van der Waals surface area contributed by atoms with Crippen molar-refractivity contribution in [1.29, 1.82) is 0 Å². The number of hydrogen-bond donors (Lipinski definition) is 1. The van der Waals surface area contributed by atoms with Gasteiger partial charge < -0.3 is 9.84 Å². The highest BCUT2D eigenvalue weighted by Crippen LogP contribution is 1.96. The zero-order valence-corrected chi connectivity index (χ0v) is 6.82. The lowest BCUT2D eigenvalue weighted by atomic mass is 10.4. The summed E-state index contributed by atoms with van der Waals surface area (Å²) in [6.45, 7) is 0.620. The molecule has 8 heteroatoms. The minimum absolute atomic E-state index is 0.625. The zero-order valence-electron chi connectivity index (χ0n) is 6.06. The molecule has 12 heavy (non-hydrogen) atoms. The van der Waals surface area contributed by atoms with E-state index in [0.29, 0.717) is 0 Å². The summed E-state index contributed by atoms with van der Waals surface area (Å²) in [4.78, 5) is 9.83. The predicted molar refractivity (Wildman–Crippen MR) is 24.5 cm³/mol. The highest BCUT2D eigenvalue weighted by molar-refractivity contribution is 5.56. The summed E-state index contributed by atoms with van der Waals surface area (Å²) in [6, 6.07) is 0. The van der Waals surface area contributed by atoms with Crippen LogP contribution in [0.4, 0.5) is 4.79 Å². The molecule has 0 aromatic rings. The summed E-state index contributed by atoms with van der Waals surface area (Å²) in [7, 11) is -4.52. The fourth-order valence-corrected chi connectivity index (χ4v) is 0.704. The summed E-state index contributed by atoms with van der Waals surface area (Å²) in [5.41, 5.74) is 0. The second kappa shape index (κ2) is 4.43. The average Bonchev–Trinajstić information content (AvgIpc) is 1.80. The maximum atomic E-state index is 9.83. The number of carboxylic acid groups (broad SMARTS) is 1. The SMILES string of the molecule is CC(CO[Cl+3]([O-])([O-])[O-])OC(=O)O. The van der Waals surface area contributed by atoms with Gasteiger partial charge in [-0.1, -0.05) is 0 Å². The third-order valence-corrected chi connectivity index (χ3v) is 1.13. The fourth-order valence-electron chi connectivity index (χ4n) is 0.372. The van der Waals surface area contributed by atoms with Gasteiger partial charge in [0.1, 0.15) is 6.10 Å². The van der Waals surface area contributed by atoms with Gasteiger partial charge in [-0.25, -0.2) is 4.79 Å². The predicted octanol–water partition coefficient (Wildman–Crippen LogP) is -3.02. The molecule has 0 radical (unpaired) electrons. The molecular weight excluding hydrogens is 195 g/mol. The van der Waals surface area contributed by atoms with Crippen LogP contribution in [0.15, 0.2) is 0 Å². The van der Waals surface area contributed by atoms with E-state index in [-0.39, 0.29) is 0 Å². The largest absolute Gasteiger partial charge is 0.506 e. The Labute approximate surface area is 69.9 Å². The minimum Gasteiger partial charge on any atom is -0.450 e. The number of rotatable bonds is 4. The molecule has 0 amide bonds. The van der Waals surface area contributed by atoms with Crippen LogP contribution in [0.25, 0.3) is 0 Å². The molecule has 0 aromatic heterocycles. The van der Waals surface area contributed by atoms with Gasteiger partial charge in [0.05, 0.1) is 14.5 Å². The Morgan fingerprint density at radius 2 is 2.08 bits per heavy atom. The van der Waals surface area contributed by atoms with E-state index in [1.54, 1.807) is 0 Å². The Bertz CT molecular complexity index is 152. The van der Waals surface area contributed by atoms with Crippen LogP contribution in [0, 0.1) is 10.2 Å². The van der Waals surface area contributed by atoms with Gasteiger partial charge in [0.2, 0.25) is 6.61 Å². The molecule has 0 saturated heterocycles. The summed E-state index contributed by atoms with van der Waals surface area (Å²) in [6.07, 6.45) is -2.57. The molecular formula is C4H7ClO7. The molecule has 72 valence electrons. The van der Waals surface area contributed by atoms with Crippen molar-refractivity contribution in [3.05, 3.63) is 0 Å². The summed E-state index contributed by atoms with van der Waals surface area (Å²) >= 11 is 0. The van der Waals surface area contributed by atoms with Gasteiger partial charge in [-0.05, 0) is 6.92 Å². The fraction of sp³-hybridized carbons (Fsp3) is 0.750. The highest BCUT2D eigenvalue weighted by Gasteiger charge is 2.21. The molecule has 0 aliphatic rings. The topological polar surface area (TPSA) is 125 Å². The molecule has 0 aliphatic heterocycles. The van der Waals surface area contributed by atoms with Gasteiger partial charge in [0.15, 0.2) is 0 Å². The molecule has 0 aromatic carbocycles. The van der Waals surface area contributed by atoms with Crippen molar-refractivity contribution >= 4 is 6.16 Å². The number of ether oxygens (including phenoxy) is 1. The van der Waals surface area contributed by atoms with Crippen molar-refractivity contribution in [3.63, 3.8) is 0 Å². The molecule has 0 saturated carbocycles. The van der Waals surface area contributed by atoms with E-state index in [4.69, 9.17) is 5.11 Å². The Balaban J connectivity index is 3.57. The van der Waals surface area contributed by atoms with Crippen molar-refractivity contribution < 1.29 is 43.1 Å². The van der Waals surface area contributed by atoms with Crippen molar-refractivity contribution in [1.82, 2.24) is 0 Å². The number of hydrogen-bond acceptors (Lipinski definition) is 6. The summed E-state index contributed by atoms with van der Waals surface area (Å²) in [5.74, 6) is 0. The van der Waals surface area contributed by atoms with Crippen LogP contribution in [-0.2, 0) is 9.03 Å². The lowest BCUT2D eigenvalue weighted by molar-refractivity contribution is -1.92. The number of carbonyl (C=O) groups is 1. The molecule has 0 heterocycles. The molecule has 1 N–H and O–H groups in total. The van der Waals surface area contributed by atoms with E-state index in [1.807, 2.05) is 0 Å². The lowest BCUT2D eigenvalue weighted by Crippen LogP contribution is -2.61. The van der Waals surface area contributed by atoms with Gasteiger partial charge >= 0.3 is 6.16 Å². The van der Waals surface area contributed by atoms with Gasteiger partial charge in [-0.2, -0.15) is 14.0 Å². The van der Waals surface area contributed by atoms with E-state index in [0.717, 1.165) is 0 Å². The van der Waals surface area contributed by atoms with Crippen LogP contribution in [0.5, 0.6) is 0 Å². The molecule has 0 bridgehead atoms. The van der Waals surface area contributed by atoms with Crippen LogP contribution in [0.2, 0.25) is 0 Å². The van der Waals surface area contributed by atoms with Gasteiger partial charge in [0.25, 0.3) is 0 Å². The van der Waals surface area contributed by atoms with Crippen LogP contribution >= 0.6 is 0 Å². The molecule has 0 rings (SSSR count). The van der Waals surface area contributed by atoms with E-state index in [2.05, 4.69) is 9.03 Å². The van der Waals surface area contributed by atoms with Gasteiger partial charge in [-0.15, -0.1) is 0 Å². The summed E-state index contributed by atoms with van der Waals surface area (Å²) in [5, 5.41) is 8.01. The van der Waals surface area contributed by atoms with Gasteiger partial charge in [0, 0.05) is 0 Å². The first-order chi connectivity index (χ1) is 5.31. The van der Waals surface area contributed by atoms with E-state index in [1.165, 1.54) is 6.92 Å².